The maximum absolute atomic E-state index is 11.0. The first-order chi connectivity index (χ1) is 10.1. The lowest BCUT2D eigenvalue weighted by Crippen LogP contribution is -2.33. The Kier molecular flexibility index (Phi) is 3.80. The smallest absolute Gasteiger partial charge is 0.0850 e. The lowest BCUT2D eigenvalue weighted by atomic mass is 9.94. The number of aromatic nitrogens is 2. The van der Waals surface area contributed by atoms with Gasteiger partial charge >= 0.3 is 0 Å². The average Bonchev–Trinajstić information content (AvgIpc) is 2.96. The zero-order chi connectivity index (χ0) is 15.0. The van der Waals surface area contributed by atoms with Gasteiger partial charge in [0.2, 0.25) is 0 Å². The molecule has 0 unspecified atom stereocenters. The zero-order valence-electron chi connectivity index (χ0n) is 12.6. The third-order valence-electron chi connectivity index (χ3n) is 4.35. The van der Waals surface area contributed by atoms with Crippen molar-refractivity contribution < 1.29 is 5.11 Å². The molecule has 3 rings (SSSR count). The monoisotopic (exact) mass is 304 g/mol. The number of rotatable bonds is 4. The fourth-order valence-electron chi connectivity index (χ4n) is 3.30. The first-order valence-electron chi connectivity index (χ1n) is 7.59. The van der Waals surface area contributed by atoms with Crippen molar-refractivity contribution in [3.63, 3.8) is 0 Å². The van der Waals surface area contributed by atoms with E-state index in [1.807, 2.05) is 16.8 Å². The summed E-state index contributed by atoms with van der Waals surface area (Å²) in [7, 11) is 0. The molecular weight excluding hydrogens is 284 g/mol. The van der Waals surface area contributed by atoms with E-state index < -0.39 is 5.60 Å². The molecule has 1 aliphatic carbocycles. The Hall–Kier alpha value is -1.32. The molecule has 0 fully saturated rings. The molecule has 3 nitrogen and oxygen atoms in total. The van der Waals surface area contributed by atoms with Crippen molar-refractivity contribution in [2.45, 2.75) is 51.7 Å². The molecule has 0 amide bonds. The number of fused-ring (bicyclic) bond motifs is 1. The molecule has 0 bridgehead atoms. The summed E-state index contributed by atoms with van der Waals surface area (Å²) in [5.41, 5.74) is 3.63. The van der Waals surface area contributed by atoms with Crippen LogP contribution in [-0.4, -0.2) is 20.5 Å². The van der Waals surface area contributed by atoms with Crippen LogP contribution in [0.25, 0.3) is 0 Å². The van der Waals surface area contributed by atoms with Crippen molar-refractivity contribution in [2.75, 3.05) is 0 Å². The van der Waals surface area contributed by atoms with Crippen molar-refractivity contribution in [1.82, 2.24) is 9.78 Å². The van der Waals surface area contributed by atoms with Crippen LogP contribution < -0.4 is 0 Å². The van der Waals surface area contributed by atoms with E-state index in [4.69, 9.17) is 11.6 Å². The standard InChI is InChI=1S/C17H21ClN2O/c1-3-14-16(18)15(20(4-2)19-14)11-17(21)9-12-7-5-6-8-13(12)10-17/h5-8,21H,3-4,9-11H2,1-2H3. The Labute approximate surface area is 130 Å². The van der Waals surface area contributed by atoms with E-state index in [-0.39, 0.29) is 0 Å². The summed E-state index contributed by atoms with van der Waals surface area (Å²) in [5.74, 6) is 0. The van der Waals surface area contributed by atoms with E-state index in [1.165, 1.54) is 11.1 Å². The normalized spacial score (nSPS) is 16.2. The van der Waals surface area contributed by atoms with Gasteiger partial charge in [-0.05, 0) is 24.5 Å². The molecule has 21 heavy (non-hydrogen) atoms. The van der Waals surface area contributed by atoms with Crippen LogP contribution in [0.4, 0.5) is 0 Å². The van der Waals surface area contributed by atoms with Gasteiger partial charge in [-0.2, -0.15) is 5.10 Å². The molecule has 112 valence electrons. The summed E-state index contributed by atoms with van der Waals surface area (Å²) in [5, 5.41) is 16.3. The number of hydrogen-bond donors (Lipinski definition) is 1. The molecule has 0 saturated carbocycles. The first-order valence-corrected chi connectivity index (χ1v) is 7.97. The molecule has 2 aromatic rings. The van der Waals surface area contributed by atoms with Crippen molar-refractivity contribution in [3.8, 4) is 0 Å². The van der Waals surface area contributed by atoms with Crippen molar-refractivity contribution in [3.05, 3.63) is 51.8 Å². The van der Waals surface area contributed by atoms with Gasteiger partial charge in [0.05, 0.1) is 22.0 Å². The Bertz CT molecular complexity index is 638. The Balaban J connectivity index is 1.90. The van der Waals surface area contributed by atoms with Gasteiger partial charge in [-0.15, -0.1) is 0 Å². The number of benzene rings is 1. The molecule has 1 aromatic carbocycles. The van der Waals surface area contributed by atoms with Crippen LogP contribution >= 0.6 is 11.6 Å². The van der Waals surface area contributed by atoms with E-state index in [1.54, 1.807) is 0 Å². The number of aryl methyl sites for hydroxylation is 2. The minimum atomic E-state index is -0.745. The van der Waals surface area contributed by atoms with Crippen LogP contribution in [0.5, 0.6) is 0 Å². The number of nitrogens with zero attached hydrogens (tertiary/aromatic N) is 2. The quantitative estimate of drug-likeness (QED) is 0.942. The molecule has 1 N–H and O–H groups in total. The highest BCUT2D eigenvalue weighted by Gasteiger charge is 2.37. The summed E-state index contributed by atoms with van der Waals surface area (Å²) in [6.07, 6.45) is 2.75. The van der Waals surface area contributed by atoms with Crippen molar-refractivity contribution in [1.29, 1.82) is 0 Å². The molecule has 1 aliphatic rings. The van der Waals surface area contributed by atoms with Crippen molar-refractivity contribution >= 4 is 11.6 Å². The Morgan fingerprint density at radius 3 is 2.38 bits per heavy atom. The van der Waals surface area contributed by atoms with E-state index in [2.05, 4.69) is 31.1 Å². The fraction of sp³-hybridized carbons (Fsp3) is 0.471. The molecule has 1 aromatic heterocycles. The SMILES string of the molecule is CCc1nn(CC)c(CC2(O)Cc3ccccc3C2)c1Cl. The van der Waals surface area contributed by atoms with E-state index in [0.717, 1.165) is 29.4 Å². The van der Waals surface area contributed by atoms with Crippen LogP contribution in [0, 0.1) is 0 Å². The predicted molar refractivity (Wildman–Crippen MR) is 84.8 cm³/mol. The van der Waals surface area contributed by atoms with Crippen LogP contribution in [0.1, 0.15) is 36.4 Å². The highest BCUT2D eigenvalue weighted by atomic mass is 35.5. The minimum absolute atomic E-state index is 0.557. The second-order valence-corrected chi connectivity index (χ2v) is 6.28. The Morgan fingerprint density at radius 2 is 1.86 bits per heavy atom. The van der Waals surface area contributed by atoms with E-state index in [0.29, 0.717) is 19.3 Å². The minimum Gasteiger partial charge on any atom is -0.389 e. The number of halogens is 1. The lowest BCUT2D eigenvalue weighted by molar-refractivity contribution is 0.0497. The molecule has 0 aliphatic heterocycles. The van der Waals surface area contributed by atoms with Crippen LogP contribution in [0.3, 0.4) is 0 Å². The van der Waals surface area contributed by atoms with E-state index in [9.17, 15) is 5.11 Å². The maximum Gasteiger partial charge on any atom is 0.0850 e. The summed E-state index contributed by atoms with van der Waals surface area (Å²) in [4.78, 5) is 0. The molecule has 0 atom stereocenters. The number of aliphatic hydroxyl groups is 1. The summed E-state index contributed by atoms with van der Waals surface area (Å²) < 4.78 is 1.93. The van der Waals surface area contributed by atoms with Crippen LogP contribution in [0.15, 0.2) is 24.3 Å². The lowest BCUT2D eigenvalue weighted by Gasteiger charge is -2.22. The molecule has 4 heteroatoms. The second kappa shape index (κ2) is 5.47. The highest BCUT2D eigenvalue weighted by molar-refractivity contribution is 6.31. The number of hydrogen-bond acceptors (Lipinski definition) is 2. The van der Waals surface area contributed by atoms with E-state index >= 15 is 0 Å². The third kappa shape index (κ3) is 2.60. The van der Waals surface area contributed by atoms with Gasteiger partial charge in [0.25, 0.3) is 0 Å². The molecule has 1 heterocycles. The van der Waals surface area contributed by atoms with Gasteiger partial charge in [-0.25, -0.2) is 0 Å². The first kappa shape index (κ1) is 14.6. The van der Waals surface area contributed by atoms with Gasteiger partial charge in [0, 0.05) is 25.8 Å². The third-order valence-corrected chi connectivity index (χ3v) is 4.78. The topological polar surface area (TPSA) is 38.0 Å². The highest BCUT2D eigenvalue weighted by Crippen LogP contribution is 2.34. The second-order valence-electron chi connectivity index (χ2n) is 5.90. The van der Waals surface area contributed by atoms with Crippen LogP contribution in [-0.2, 0) is 32.2 Å². The Morgan fingerprint density at radius 1 is 1.24 bits per heavy atom. The summed E-state index contributed by atoms with van der Waals surface area (Å²) >= 11 is 6.47. The summed E-state index contributed by atoms with van der Waals surface area (Å²) in [6.45, 7) is 4.88. The van der Waals surface area contributed by atoms with Gasteiger partial charge in [-0.1, -0.05) is 42.8 Å². The maximum atomic E-state index is 11.0. The van der Waals surface area contributed by atoms with Gasteiger partial charge in [0.15, 0.2) is 0 Å². The predicted octanol–water partition coefficient (Wildman–Crippen LogP) is 3.19. The zero-order valence-corrected chi connectivity index (χ0v) is 13.3. The molecular formula is C17H21ClN2O. The van der Waals surface area contributed by atoms with Gasteiger partial charge in [-0.3, -0.25) is 4.68 Å². The largest absolute Gasteiger partial charge is 0.389 e. The van der Waals surface area contributed by atoms with Crippen molar-refractivity contribution in [2.24, 2.45) is 0 Å². The fourth-order valence-corrected chi connectivity index (χ4v) is 3.63. The molecule has 0 radical (unpaired) electrons. The van der Waals surface area contributed by atoms with Crippen LogP contribution in [0.2, 0.25) is 5.02 Å². The molecule has 0 saturated heterocycles. The average molecular weight is 305 g/mol. The molecule has 0 spiro atoms. The summed E-state index contributed by atoms with van der Waals surface area (Å²) in [6, 6.07) is 8.26. The van der Waals surface area contributed by atoms with Gasteiger partial charge in [0.1, 0.15) is 0 Å². The van der Waals surface area contributed by atoms with Gasteiger partial charge < -0.3 is 5.11 Å².